The highest BCUT2D eigenvalue weighted by Gasteiger charge is 2.18. The van der Waals surface area contributed by atoms with Gasteiger partial charge in [-0.05, 0) is 29.8 Å². The quantitative estimate of drug-likeness (QED) is 0.351. The van der Waals surface area contributed by atoms with Crippen molar-refractivity contribution in [3.63, 3.8) is 0 Å². The van der Waals surface area contributed by atoms with Crippen LogP contribution in [0.1, 0.15) is 13.8 Å². The van der Waals surface area contributed by atoms with Gasteiger partial charge >= 0.3 is 0 Å². The summed E-state index contributed by atoms with van der Waals surface area (Å²) in [7, 11) is 0. The van der Waals surface area contributed by atoms with Crippen LogP contribution in [0.15, 0.2) is 47.5 Å². The minimum absolute atomic E-state index is 0.261. The van der Waals surface area contributed by atoms with E-state index in [2.05, 4.69) is 35.1 Å². The molecule has 4 aromatic rings. The second-order valence-electron chi connectivity index (χ2n) is 6.11. The lowest BCUT2D eigenvalue weighted by Crippen LogP contribution is -1.95. The molecule has 0 fully saturated rings. The van der Waals surface area contributed by atoms with Crippen LogP contribution < -0.4 is 0 Å². The van der Waals surface area contributed by atoms with Crippen molar-refractivity contribution in [2.45, 2.75) is 24.0 Å². The zero-order chi connectivity index (χ0) is 17.6. The minimum Gasteiger partial charge on any atom is -0.278 e. The fourth-order valence-electron chi connectivity index (χ4n) is 2.90. The van der Waals surface area contributed by atoms with Crippen LogP contribution in [0.25, 0.3) is 32.9 Å². The van der Waals surface area contributed by atoms with Gasteiger partial charge in [0, 0.05) is 21.6 Å². The van der Waals surface area contributed by atoms with Crippen molar-refractivity contribution < 1.29 is 4.39 Å². The molecule has 0 aliphatic carbocycles. The van der Waals surface area contributed by atoms with Crippen LogP contribution in [0.5, 0.6) is 0 Å². The van der Waals surface area contributed by atoms with E-state index in [1.165, 1.54) is 12.1 Å². The van der Waals surface area contributed by atoms with Crippen molar-refractivity contribution in [1.29, 1.82) is 0 Å². The molecule has 0 unspecified atom stereocenters. The van der Waals surface area contributed by atoms with Crippen LogP contribution in [-0.4, -0.2) is 20.4 Å². The summed E-state index contributed by atoms with van der Waals surface area (Å²) in [4.78, 5) is 5.50. The predicted molar refractivity (Wildman–Crippen MR) is 103 cm³/mol. The van der Waals surface area contributed by atoms with Gasteiger partial charge in [-0.3, -0.25) is 5.10 Å². The van der Waals surface area contributed by atoms with Crippen LogP contribution >= 0.6 is 23.4 Å². The molecule has 6 heteroatoms. The Bertz CT molecular complexity index is 1070. The summed E-state index contributed by atoms with van der Waals surface area (Å²) in [6.45, 7) is 4.22. The largest absolute Gasteiger partial charge is 0.278 e. The first-order valence-corrected chi connectivity index (χ1v) is 9.17. The number of pyridine rings is 1. The first-order chi connectivity index (χ1) is 12.0. The van der Waals surface area contributed by atoms with Gasteiger partial charge in [-0.1, -0.05) is 37.6 Å². The van der Waals surface area contributed by atoms with Gasteiger partial charge in [-0.2, -0.15) is 5.10 Å². The molecule has 0 saturated carbocycles. The molecular formula is C19H15ClFN3S. The number of nitrogens with zero attached hydrogens (tertiary/aromatic N) is 2. The Morgan fingerprint density at radius 1 is 1.16 bits per heavy atom. The minimum atomic E-state index is -0.261. The highest BCUT2D eigenvalue weighted by molar-refractivity contribution is 8.00. The molecule has 0 spiro atoms. The van der Waals surface area contributed by atoms with Crippen LogP contribution in [0.4, 0.5) is 4.39 Å². The van der Waals surface area contributed by atoms with Gasteiger partial charge in [0.15, 0.2) is 0 Å². The highest BCUT2D eigenvalue weighted by atomic mass is 35.5. The number of benzene rings is 2. The topological polar surface area (TPSA) is 41.6 Å². The molecule has 0 aliphatic rings. The monoisotopic (exact) mass is 371 g/mol. The van der Waals surface area contributed by atoms with Crippen LogP contribution in [0.2, 0.25) is 5.15 Å². The number of aromatic amines is 1. The van der Waals surface area contributed by atoms with Crippen molar-refractivity contribution in [2.75, 3.05) is 0 Å². The summed E-state index contributed by atoms with van der Waals surface area (Å²) in [5, 5.41) is 9.83. The molecule has 3 nitrogen and oxygen atoms in total. The summed E-state index contributed by atoms with van der Waals surface area (Å²) >= 11 is 8.19. The van der Waals surface area contributed by atoms with Crippen LogP contribution in [-0.2, 0) is 0 Å². The normalized spacial score (nSPS) is 11.7. The van der Waals surface area contributed by atoms with Crippen molar-refractivity contribution in [3.8, 4) is 11.1 Å². The van der Waals surface area contributed by atoms with Crippen molar-refractivity contribution in [2.24, 2.45) is 0 Å². The van der Waals surface area contributed by atoms with E-state index in [0.717, 1.165) is 37.8 Å². The summed E-state index contributed by atoms with van der Waals surface area (Å²) in [5.74, 6) is -0.261. The number of rotatable bonds is 3. The number of thioether (sulfide) groups is 1. The van der Waals surface area contributed by atoms with E-state index < -0.39 is 0 Å². The number of H-pyrrole nitrogens is 1. The van der Waals surface area contributed by atoms with Gasteiger partial charge in [-0.25, -0.2) is 9.37 Å². The smallest absolute Gasteiger partial charge is 0.143 e. The molecule has 0 bridgehead atoms. The Morgan fingerprint density at radius 3 is 2.64 bits per heavy atom. The summed E-state index contributed by atoms with van der Waals surface area (Å²) in [5.41, 5.74) is 3.60. The molecule has 2 aromatic heterocycles. The summed E-state index contributed by atoms with van der Waals surface area (Å²) in [6.07, 6.45) is 1.78. The fraction of sp³-hybridized carbons (Fsp3) is 0.158. The SMILES string of the molecule is CC(C)Sc1c(Cl)nc2cc3[nH]ncc3cc2c1-c1ccc(F)cc1. The molecule has 2 aromatic carbocycles. The molecule has 2 heterocycles. The lowest BCUT2D eigenvalue weighted by atomic mass is 10.00. The van der Waals surface area contributed by atoms with E-state index in [9.17, 15) is 4.39 Å². The second kappa shape index (κ2) is 6.32. The maximum atomic E-state index is 13.4. The Kier molecular flexibility index (Phi) is 4.13. The third-order valence-electron chi connectivity index (χ3n) is 3.95. The Balaban J connectivity index is 2.10. The fourth-order valence-corrected chi connectivity index (χ4v) is 4.18. The van der Waals surface area contributed by atoms with Gasteiger partial charge < -0.3 is 0 Å². The average molecular weight is 372 g/mol. The molecule has 0 amide bonds. The third-order valence-corrected chi connectivity index (χ3v) is 5.44. The second-order valence-corrected chi connectivity index (χ2v) is 8.05. The average Bonchev–Trinajstić information content (AvgIpc) is 3.02. The molecule has 0 atom stereocenters. The first kappa shape index (κ1) is 16.4. The summed E-state index contributed by atoms with van der Waals surface area (Å²) in [6, 6.07) is 10.5. The van der Waals surface area contributed by atoms with E-state index in [-0.39, 0.29) is 5.82 Å². The lowest BCUT2D eigenvalue weighted by molar-refractivity contribution is 0.628. The zero-order valence-corrected chi connectivity index (χ0v) is 15.2. The van der Waals surface area contributed by atoms with Crippen molar-refractivity contribution in [3.05, 3.63) is 53.6 Å². The maximum Gasteiger partial charge on any atom is 0.143 e. The van der Waals surface area contributed by atoms with E-state index in [0.29, 0.717) is 10.4 Å². The van der Waals surface area contributed by atoms with Gasteiger partial charge in [0.05, 0.1) is 22.1 Å². The Morgan fingerprint density at radius 2 is 1.92 bits per heavy atom. The molecule has 0 aliphatic heterocycles. The predicted octanol–water partition coefficient (Wildman–Crippen LogP) is 6.07. The third kappa shape index (κ3) is 2.98. The molecule has 25 heavy (non-hydrogen) atoms. The van der Waals surface area contributed by atoms with Gasteiger partial charge in [0.1, 0.15) is 11.0 Å². The number of hydrogen-bond donors (Lipinski definition) is 1. The standard InChI is InChI=1S/C19H15ClFN3S/c1-10(2)25-18-17(11-3-5-13(21)6-4-11)14-7-12-9-22-24-15(12)8-16(14)23-19(18)20/h3-10H,1-2H3,(H,22,24). The molecule has 4 rings (SSSR count). The van der Waals surface area contributed by atoms with Gasteiger partial charge in [-0.15, -0.1) is 11.8 Å². The molecule has 0 saturated heterocycles. The van der Waals surface area contributed by atoms with E-state index in [1.807, 2.05) is 6.07 Å². The van der Waals surface area contributed by atoms with Crippen molar-refractivity contribution in [1.82, 2.24) is 15.2 Å². The van der Waals surface area contributed by atoms with Crippen LogP contribution in [0.3, 0.4) is 0 Å². The number of hydrogen-bond acceptors (Lipinski definition) is 3. The number of fused-ring (bicyclic) bond motifs is 2. The molecule has 0 radical (unpaired) electrons. The summed E-state index contributed by atoms with van der Waals surface area (Å²) < 4.78 is 13.4. The Labute approximate surface area is 153 Å². The van der Waals surface area contributed by atoms with Crippen molar-refractivity contribution >= 4 is 45.2 Å². The Hall–Kier alpha value is -2.11. The number of aromatic nitrogens is 3. The van der Waals surface area contributed by atoms with E-state index >= 15 is 0 Å². The van der Waals surface area contributed by atoms with Gasteiger partial charge in [0.25, 0.3) is 0 Å². The lowest BCUT2D eigenvalue weighted by Gasteiger charge is -2.16. The zero-order valence-electron chi connectivity index (χ0n) is 13.7. The van der Waals surface area contributed by atoms with E-state index in [4.69, 9.17) is 11.6 Å². The number of halogens is 2. The highest BCUT2D eigenvalue weighted by Crippen LogP contribution is 2.43. The van der Waals surface area contributed by atoms with Crippen LogP contribution in [0, 0.1) is 5.82 Å². The maximum absolute atomic E-state index is 13.4. The number of nitrogens with one attached hydrogen (secondary N) is 1. The first-order valence-electron chi connectivity index (χ1n) is 7.92. The molecule has 126 valence electrons. The van der Waals surface area contributed by atoms with Gasteiger partial charge in [0.2, 0.25) is 0 Å². The molecule has 1 N–H and O–H groups in total. The molecular weight excluding hydrogens is 357 g/mol. The van der Waals surface area contributed by atoms with E-state index in [1.54, 1.807) is 30.1 Å².